The van der Waals surface area contributed by atoms with Crippen molar-refractivity contribution < 1.29 is 0 Å². The van der Waals surface area contributed by atoms with Crippen molar-refractivity contribution in [1.29, 1.82) is 0 Å². The number of benzene rings is 1. The molecule has 0 aliphatic rings. The molecular formula is C10H10ClN. The second-order valence-corrected chi connectivity index (χ2v) is 2.80. The average Bonchev–Trinajstić information content (AvgIpc) is 2.10. The second-order valence-electron chi connectivity index (χ2n) is 2.37. The standard InChI is InChI=1S/C10H10ClN/c1-2-8(7-12)9-3-5-10(11)6-4-9/h3-6H,1,7,12H2. The molecule has 1 aromatic carbocycles. The summed E-state index contributed by atoms with van der Waals surface area (Å²) < 4.78 is 0. The van der Waals surface area contributed by atoms with Crippen molar-refractivity contribution in [2.75, 3.05) is 6.54 Å². The monoisotopic (exact) mass is 179 g/mol. The van der Waals surface area contributed by atoms with Gasteiger partial charge in [0, 0.05) is 17.1 Å². The molecule has 62 valence electrons. The molecule has 0 radical (unpaired) electrons. The summed E-state index contributed by atoms with van der Waals surface area (Å²) in [4.78, 5) is 0. The van der Waals surface area contributed by atoms with Crippen molar-refractivity contribution in [3.63, 3.8) is 0 Å². The minimum Gasteiger partial charge on any atom is -0.326 e. The molecule has 0 aromatic heterocycles. The van der Waals surface area contributed by atoms with Crippen LogP contribution in [0, 0.1) is 0 Å². The topological polar surface area (TPSA) is 26.0 Å². The number of hydrogen-bond acceptors (Lipinski definition) is 1. The molecular weight excluding hydrogens is 170 g/mol. The molecule has 0 aliphatic heterocycles. The van der Waals surface area contributed by atoms with Gasteiger partial charge in [-0.2, -0.15) is 0 Å². The van der Waals surface area contributed by atoms with Crippen LogP contribution in [-0.4, -0.2) is 6.54 Å². The molecule has 0 saturated heterocycles. The van der Waals surface area contributed by atoms with Gasteiger partial charge in [0.2, 0.25) is 0 Å². The lowest BCUT2D eigenvalue weighted by Crippen LogP contribution is -2.00. The number of nitrogens with two attached hydrogens (primary N) is 1. The summed E-state index contributed by atoms with van der Waals surface area (Å²) in [7, 11) is 0. The third-order valence-electron chi connectivity index (χ3n) is 1.61. The van der Waals surface area contributed by atoms with Gasteiger partial charge in [-0.05, 0) is 17.7 Å². The highest BCUT2D eigenvalue weighted by atomic mass is 35.5. The van der Waals surface area contributed by atoms with Crippen molar-refractivity contribution in [2.24, 2.45) is 5.73 Å². The van der Waals surface area contributed by atoms with Crippen LogP contribution in [0.1, 0.15) is 5.56 Å². The minimum atomic E-state index is 0.450. The first-order valence-corrected chi connectivity index (χ1v) is 4.00. The van der Waals surface area contributed by atoms with E-state index in [1.807, 2.05) is 24.3 Å². The van der Waals surface area contributed by atoms with E-state index in [1.165, 1.54) is 0 Å². The van der Waals surface area contributed by atoms with Crippen LogP contribution >= 0.6 is 11.6 Å². The number of rotatable bonds is 2. The Hall–Kier alpha value is -1.01. The van der Waals surface area contributed by atoms with Gasteiger partial charge in [-0.15, -0.1) is 5.73 Å². The second kappa shape index (κ2) is 4.13. The zero-order chi connectivity index (χ0) is 8.97. The molecule has 2 heteroatoms. The van der Waals surface area contributed by atoms with Gasteiger partial charge >= 0.3 is 0 Å². The summed E-state index contributed by atoms with van der Waals surface area (Å²) in [5.74, 6) is 0. The van der Waals surface area contributed by atoms with Crippen LogP contribution in [0.4, 0.5) is 0 Å². The highest BCUT2D eigenvalue weighted by Crippen LogP contribution is 2.15. The van der Waals surface area contributed by atoms with E-state index in [4.69, 9.17) is 17.3 Å². The van der Waals surface area contributed by atoms with Gasteiger partial charge in [0.15, 0.2) is 0 Å². The van der Waals surface area contributed by atoms with E-state index in [-0.39, 0.29) is 0 Å². The van der Waals surface area contributed by atoms with Crippen molar-refractivity contribution in [3.8, 4) is 0 Å². The van der Waals surface area contributed by atoms with E-state index in [2.05, 4.69) is 12.3 Å². The number of hydrogen-bond donors (Lipinski definition) is 1. The highest BCUT2D eigenvalue weighted by Gasteiger charge is 1.96. The fourth-order valence-electron chi connectivity index (χ4n) is 0.943. The predicted molar refractivity (Wildman–Crippen MR) is 53.1 cm³/mol. The van der Waals surface area contributed by atoms with Crippen molar-refractivity contribution >= 4 is 17.2 Å². The van der Waals surface area contributed by atoms with Crippen LogP contribution in [0.25, 0.3) is 5.57 Å². The molecule has 1 rings (SSSR count). The van der Waals surface area contributed by atoms with E-state index < -0.39 is 0 Å². The Labute approximate surface area is 77.2 Å². The Morgan fingerprint density at radius 2 is 2.00 bits per heavy atom. The molecule has 12 heavy (non-hydrogen) atoms. The fourth-order valence-corrected chi connectivity index (χ4v) is 1.07. The van der Waals surface area contributed by atoms with E-state index in [0.29, 0.717) is 6.54 Å². The summed E-state index contributed by atoms with van der Waals surface area (Å²) >= 11 is 5.73. The molecule has 0 heterocycles. The Morgan fingerprint density at radius 3 is 2.42 bits per heavy atom. The highest BCUT2D eigenvalue weighted by molar-refractivity contribution is 6.30. The summed E-state index contributed by atoms with van der Waals surface area (Å²) in [6.45, 7) is 4.01. The van der Waals surface area contributed by atoms with Crippen molar-refractivity contribution in [3.05, 3.63) is 47.2 Å². The number of halogens is 1. The molecule has 2 N–H and O–H groups in total. The molecule has 0 unspecified atom stereocenters. The molecule has 0 atom stereocenters. The van der Waals surface area contributed by atoms with Gasteiger partial charge in [0.1, 0.15) is 0 Å². The lowest BCUT2D eigenvalue weighted by molar-refractivity contribution is 1.27. The zero-order valence-electron chi connectivity index (χ0n) is 6.68. The minimum absolute atomic E-state index is 0.450. The van der Waals surface area contributed by atoms with Crippen LogP contribution in [0.3, 0.4) is 0 Å². The van der Waals surface area contributed by atoms with Crippen molar-refractivity contribution in [2.45, 2.75) is 0 Å². The van der Waals surface area contributed by atoms with Crippen LogP contribution in [0.5, 0.6) is 0 Å². The molecule has 1 aromatic rings. The van der Waals surface area contributed by atoms with E-state index in [1.54, 1.807) is 0 Å². The third kappa shape index (κ3) is 1.99. The summed E-state index contributed by atoms with van der Waals surface area (Å²) in [6.07, 6.45) is 0. The van der Waals surface area contributed by atoms with Crippen LogP contribution in [0.2, 0.25) is 5.02 Å². The summed E-state index contributed by atoms with van der Waals surface area (Å²) in [6, 6.07) is 7.46. The normalized spacial score (nSPS) is 9.17. The SMILES string of the molecule is C=C=C(CN)c1ccc(Cl)cc1. The first kappa shape index (κ1) is 9.08. The molecule has 1 nitrogen and oxygen atoms in total. The van der Waals surface area contributed by atoms with E-state index in [0.717, 1.165) is 16.2 Å². The molecule has 0 aliphatic carbocycles. The maximum atomic E-state index is 5.73. The smallest absolute Gasteiger partial charge is 0.0406 e. The van der Waals surface area contributed by atoms with E-state index in [9.17, 15) is 0 Å². The lowest BCUT2D eigenvalue weighted by atomic mass is 10.1. The van der Waals surface area contributed by atoms with Gasteiger partial charge in [0.25, 0.3) is 0 Å². The van der Waals surface area contributed by atoms with Gasteiger partial charge in [-0.1, -0.05) is 30.3 Å². The summed E-state index contributed by atoms with van der Waals surface area (Å²) in [5, 5.41) is 0.721. The lowest BCUT2D eigenvalue weighted by Gasteiger charge is -2.00. The first-order valence-electron chi connectivity index (χ1n) is 3.63. The third-order valence-corrected chi connectivity index (χ3v) is 1.86. The van der Waals surface area contributed by atoms with E-state index >= 15 is 0 Å². The molecule has 0 saturated carbocycles. The van der Waals surface area contributed by atoms with Crippen LogP contribution in [-0.2, 0) is 0 Å². The summed E-state index contributed by atoms with van der Waals surface area (Å²) in [5.41, 5.74) is 10.2. The Kier molecular flexibility index (Phi) is 3.12. The molecule has 0 amide bonds. The quantitative estimate of drug-likeness (QED) is 0.694. The fraction of sp³-hybridized carbons (Fsp3) is 0.100. The largest absolute Gasteiger partial charge is 0.326 e. The van der Waals surface area contributed by atoms with Crippen LogP contribution < -0.4 is 5.73 Å². The predicted octanol–water partition coefficient (Wildman–Crippen LogP) is 2.47. The maximum Gasteiger partial charge on any atom is 0.0406 e. The Bertz CT molecular complexity index is 307. The van der Waals surface area contributed by atoms with Gasteiger partial charge in [0.05, 0.1) is 0 Å². The van der Waals surface area contributed by atoms with Crippen LogP contribution in [0.15, 0.2) is 36.6 Å². The van der Waals surface area contributed by atoms with Crippen molar-refractivity contribution in [1.82, 2.24) is 0 Å². The molecule has 0 bridgehead atoms. The average molecular weight is 180 g/mol. The molecule has 0 spiro atoms. The Morgan fingerprint density at radius 1 is 1.42 bits per heavy atom. The molecule has 0 fully saturated rings. The first-order chi connectivity index (χ1) is 5.77. The van der Waals surface area contributed by atoms with Gasteiger partial charge in [-0.3, -0.25) is 0 Å². The zero-order valence-corrected chi connectivity index (χ0v) is 7.43. The Balaban J connectivity index is 3.04. The van der Waals surface area contributed by atoms with Gasteiger partial charge in [-0.25, -0.2) is 0 Å². The maximum absolute atomic E-state index is 5.73. The van der Waals surface area contributed by atoms with Gasteiger partial charge < -0.3 is 5.73 Å².